The number of ether oxygens (including phenoxy) is 1. The lowest BCUT2D eigenvalue weighted by atomic mass is 10.1. The largest absolute Gasteiger partial charge is 0.465 e. The Morgan fingerprint density at radius 3 is 2.85 bits per heavy atom. The number of hydrogen-bond acceptors (Lipinski definition) is 3. The topological polar surface area (TPSA) is 26.3 Å². The first kappa shape index (κ1) is 10.3. The fourth-order valence-corrected chi connectivity index (χ4v) is 2.23. The number of thiophene rings is 1. The van der Waals surface area contributed by atoms with Crippen molar-refractivity contribution in [2.24, 2.45) is 0 Å². The molecule has 0 fully saturated rings. The van der Waals surface area contributed by atoms with Crippen LogP contribution in [-0.2, 0) is 11.2 Å². The van der Waals surface area contributed by atoms with Gasteiger partial charge in [-0.1, -0.05) is 13.3 Å². The average Bonchev–Trinajstić information content (AvgIpc) is 2.47. The van der Waals surface area contributed by atoms with E-state index in [0.29, 0.717) is 4.88 Å². The fourth-order valence-electron chi connectivity index (χ4n) is 1.24. The van der Waals surface area contributed by atoms with Crippen molar-refractivity contribution >= 4 is 17.3 Å². The third-order valence-corrected chi connectivity index (χ3v) is 3.00. The number of rotatable bonds is 3. The number of hydrogen-bond donors (Lipinski definition) is 0. The predicted octanol–water partition coefficient (Wildman–Crippen LogP) is 2.80. The second-order valence-corrected chi connectivity index (χ2v) is 4.19. The Morgan fingerprint density at radius 2 is 2.31 bits per heavy atom. The monoisotopic (exact) mass is 198 g/mol. The summed E-state index contributed by atoms with van der Waals surface area (Å²) in [5, 5.41) is 0. The molecule has 0 saturated carbocycles. The molecule has 0 radical (unpaired) electrons. The summed E-state index contributed by atoms with van der Waals surface area (Å²) in [6.45, 7) is 4.18. The van der Waals surface area contributed by atoms with Gasteiger partial charge in [0.2, 0.25) is 0 Å². The SMILES string of the molecule is CCCc1cc(C(=O)OC)sc1C. The van der Waals surface area contributed by atoms with E-state index in [1.807, 2.05) is 13.0 Å². The summed E-state index contributed by atoms with van der Waals surface area (Å²) >= 11 is 1.51. The van der Waals surface area contributed by atoms with Crippen LogP contribution >= 0.6 is 11.3 Å². The highest BCUT2D eigenvalue weighted by Crippen LogP contribution is 2.23. The van der Waals surface area contributed by atoms with Gasteiger partial charge in [0.05, 0.1) is 7.11 Å². The molecule has 0 aliphatic rings. The van der Waals surface area contributed by atoms with Gasteiger partial charge in [-0.05, 0) is 25.0 Å². The van der Waals surface area contributed by atoms with Crippen LogP contribution in [0.5, 0.6) is 0 Å². The number of aryl methyl sites for hydroxylation is 2. The van der Waals surface area contributed by atoms with Crippen LogP contribution in [0.4, 0.5) is 0 Å². The molecule has 0 aromatic carbocycles. The average molecular weight is 198 g/mol. The third kappa shape index (κ3) is 2.31. The molecule has 13 heavy (non-hydrogen) atoms. The van der Waals surface area contributed by atoms with Crippen LogP contribution in [0, 0.1) is 6.92 Å². The maximum Gasteiger partial charge on any atom is 0.348 e. The zero-order chi connectivity index (χ0) is 9.84. The fraction of sp³-hybridized carbons (Fsp3) is 0.500. The smallest absolute Gasteiger partial charge is 0.348 e. The minimum Gasteiger partial charge on any atom is -0.465 e. The number of methoxy groups -OCH3 is 1. The van der Waals surface area contributed by atoms with Gasteiger partial charge in [-0.2, -0.15) is 0 Å². The molecule has 0 bridgehead atoms. The highest BCUT2D eigenvalue weighted by molar-refractivity contribution is 7.14. The summed E-state index contributed by atoms with van der Waals surface area (Å²) < 4.78 is 4.65. The van der Waals surface area contributed by atoms with Crippen molar-refractivity contribution in [2.45, 2.75) is 26.7 Å². The first-order chi connectivity index (χ1) is 6.19. The summed E-state index contributed by atoms with van der Waals surface area (Å²) in [6, 6.07) is 1.94. The first-order valence-electron chi connectivity index (χ1n) is 4.36. The molecule has 0 saturated heterocycles. The molecule has 2 nitrogen and oxygen atoms in total. The van der Waals surface area contributed by atoms with Gasteiger partial charge in [-0.15, -0.1) is 11.3 Å². The molecular formula is C10H14O2S. The highest BCUT2D eigenvalue weighted by atomic mass is 32.1. The lowest BCUT2D eigenvalue weighted by molar-refractivity contribution is 0.0606. The Kier molecular flexibility index (Phi) is 3.48. The third-order valence-electron chi connectivity index (χ3n) is 1.93. The van der Waals surface area contributed by atoms with Gasteiger partial charge in [-0.3, -0.25) is 0 Å². The van der Waals surface area contributed by atoms with Gasteiger partial charge >= 0.3 is 5.97 Å². The number of carbonyl (C=O) groups excluding carboxylic acids is 1. The quantitative estimate of drug-likeness (QED) is 0.698. The number of carbonyl (C=O) groups is 1. The van der Waals surface area contributed by atoms with Crippen molar-refractivity contribution in [3.8, 4) is 0 Å². The Labute approximate surface area is 82.5 Å². The molecule has 0 N–H and O–H groups in total. The summed E-state index contributed by atoms with van der Waals surface area (Å²) in [5.41, 5.74) is 1.27. The van der Waals surface area contributed by atoms with Crippen LogP contribution in [-0.4, -0.2) is 13.1 Å². The molecule has 0 atom stereocenters. The zero-order valence-corrected chi connectivity index (χ0v) is 9.03. The van der Waals surface area contributed by atoms with Crippen molar-refractivity contribution in [3.63, 3.8) is 0 Å². The van der Waals surface area contributed by atoms with Crippen molar-refractivity contribution in [1.29, 1.82) is 0 Å². The molecule has 1 rings (SSSR count). The first-order valence-corrected chi connectivity index (χ1v) is 5.18. The predicted molar refractivity (Wildman–Crippen MR) is 54.4 cm³/mol. The molecule has 0 amide bonds. The molecule has 3 heteroatoms. The maximum absolute atomic E-state index is 11.2. The number of esters is 1. The van der Waals surface area contributed by atoms with Gasteiger partial charge in [0.1, 0.15) is 4.88 Å². The van der Waals surface area contributed by atoms with Crippen molar-refractivity contribution in [1.82, 2.24) is 0 Å². The molecule has 0 aliphatic heterocycles. The summed E-state index contributed by atoms with van der Waals surface area (Å²) in [7, 11) is 1.41. The van der Waals surface area contributed by atoms with Crippen LogP contribution in [0.1, 0.15) is 33.5 Å². The van der Waals surface area contributed by atoms with E-state index in [9.17, 15) is 4.79 Å². The Morgan fingerprint density at radius 1 is 1.62 bits per heavy atom. The minimum atomic E-state index is -0.226. The van der Waals surface area contributed by atoms with Gasteiger partial charge in [0.15, 0.2) is 0 Å². The molecule has 1 aromatic rings. The summed E-state index contributed by atoms with van der Waals surface area (Å²) in [5.74, 6) is -0.226. The van der Waals surface area contributed by atoms with E-state index < -0.39 is 0 Å². The highest BCUT2D eigenvalue weighted by Gasteiger charge is 2.11. The van der Waals surface area contributed by atoms with E-state index in [2.05, 4.69) is 11.7 Å². The maximum atomic E-state index is 11.2. The van der Waals surface area contributed by atoms with E-state index in [0.717, 1.165) is 12.8 Å². The Bertz CT molecular complexity index is 302. The van der Waals surface area contributed by atoms with E-state index in [-0.39, 0.29) is 5.97 Å². The van der Waals surface area contributed by atoms with Crippen LogP contribution in [0.25, 0.3) is 0 Å². The van der Waals surface area contributed by atoms with E-state index in [4.69, 9.17) is 0 Å². The van der Waals surface area contributed by atoms with Gasteiger partial charge in [-0.25, -0.2) is 4.79 Å². The van der Waals surface area contributed by atoms with Gasteiger partial charge in [0.25, 0.3) is 0 Å². The molecule has 1 heterocycles. The normalized spacial score (nSPS) is 10.1. The second-order valence-electron chi connectivity index (χ2n) is 2.93. The summed E-state index contributed by atoms with van der Waals surface area (Å²) in [4.78, 5) is 13.1. The Hall–Kier alpha value is -0.830. The summed E-state index contributed by atoms with van der Waals surface area (Å²) in [6.07, 6.45) is 2.15. The van der Waals surface area contributed by atoms with Crippen molar-refractivity contribution in [3.05, 3.63) is 21.4 Å². The van der Waals surface area contributed by atoms with Crippen molar-refractivity contribution < 1.29 is 9.53 Å². The van der Waals surface area contributed by atoms with E-state index in [1.165, 1.54) is 28.9 Å². The molecule has 0 unspecified atom stereocenters. The minimum absolute atomic E-state index is 0.226. The van der Waals surface area contributed by atoms with Crippen LogP contribution in [0.3, 0.4) is 0 Å². The molecule has 1 aromatic heterocycles. The van der Waals surface area contributed by atoms with Crippen molar-refractivity contribution in [2.75, 3.05) is 7.11 Å². The van der Waals surface area contributed by atoms with E-state index in [1.54, 1.807) is 0 Å². The zero-order valence-electron chi connectivity index (χ0n) is 8.22. The molecular weight excluding hydrogens is 184 g/mol. The molecule has 72 valence electrons. The van der Waals surface area contributed by atoms with Crippen LogP contribution in [0.2, 0.25) is 0 Å². The second kappa shape index (κ2) is 4.42. The standard InChI is InChI=1S/C10H14O2S/c1-4-5-8-6-9(10(11)12-3)13-7(8)2/h6H,4-5H2,1-3H3. The van der Waals surface area contributed by atoms with Crippen LogP contribution < -0.4 is 0 Å². The molecule has 0 spiro atoms. The van der Waals surface area contributed by atoms with Gasteiger partial charge < -0.3 is 4.74 Å². The molecule has 0 aliphatic carbocycles. The van der Waals surface area contributed by atoms with E-state index >= 15 is 0 Å². The van der Waals surface area contributed by atoms with Crippen LogP contribution in [0.15, 0.2) is 6.07 Å². The Balaban J connectivity index is 2.88. The van der Waals surface area contributed by atoms with Gasteiger partial charge in [0, 0.05) is 4.88 Å². The lowest BCUT2D eigenvalue weighted by Gasteiger charge is -1.93. The lowest BCUT2D eigenvalue weighted by Crippen LogP contribution is -1.97.